The van der Waals surface area contributed by atoms with Crippen molar-refractivity contribution in [1.29, 1.82) is 0 Å². The van der Waals surface area contributed by atoms with E-state index in [1.54, 1.807) is 6.92 Å². The van der Waals surface area contributed by atoms with Gasteiger partial charge in [0, 0.05) is 11.6 Å². The van der Waals surface area contributed by atoms with Crippen LogP contribution in [0.15, 0.2) is 24.3 Å². The van der Waals surface area contributed by atoms with Crippen molar-refractivity contribution in [2.75, 3.05) is 19.8 Å². The summed E-state index contributed by atoms with van der Waals surface area (Å²) in [7, 11) is 0. The minimum absolute atomic E-state index is 0.0502. The number of rotatable bonds is 8. The second-order valence-corrected chi connectivity index (χ2v) is 4.31. The average Bonchev–Trinajstić information content (AvgIpc) is 2.43. The highest BCUT2D eigenvalue weighted by atomic mass is 16.6. The molecule has 0 aromatic heterocycles. The minimum atomic E-state index is -0.341. The summed E-state index contributed by atoms with van der Waals surface area (Å²) in [6, 6.07) is 7.94. The predicted octanol–water partition coefficient (Wildman–Crippen LogP) is 2.69. The monoisotopic (exact) mass is 265 g/mol. The molecular weight excluding hydrogens is 242 g/mol. The van der Waals surface area contributed by atoms with Crippen molar-refractivity contribution < 1.29 is 14.3 Å². The molecule has 0 saturated carbocycles. The molecule has 0 aliphatic heterocycles. The van der Waals surface area contributed by atoms with E-state index in [-0.39, 0.29) is 18.6 Å². The van der Waals surface area contributed by atoms with Gasteiger partial charge in [0.15, 0.2) is 6.61 Å². The lowest BCUT2D eigenvalue weighted by Gasteiger charge is -2.17. The zero-order valence-electron chi connectivity index (χ0n) is 11.9. The van der Waals surface area contributed by atoms with E-state index in [0.29, 0.717) is 6.61 Å². The third-order valence-electron chi connectivity index (χ3n) is 2.74. The van der Waals surface area contributed by atoms with Gasteiger partial charge in [0.25, 0.3) is 0 Å². The van der Waals surface area contributed by atoms with Gasteiger partial charge < -0.3 is 14.8 Å². The molecule has 0 spiro atoms. The van der Waals surface area contributed by atoms with Crippen LogP contribution in [0, 0.1) is 0 Å². The highest BCUT2D eigenvalue weighted by Gasteiger charge is 2.12. The van der Waals surface area contributed by atoms with Crippen LogP contribution in [0.3, 0.4) is 0 Å². The maximum absolute atomic E-state index is 11.3. The molecule has 0 aliphatic rings. The Balaban J connectivity index is 2.64. The number of benzene rings is 1. The van der Waals surface area contributed by atoms with E-state index in [2.05, 4.69) is 19.2 Å². The zero-order chi connectivity index (χ0) is 14.1. The van der Waals surface area contributed by atoms with Crippen LogP contribution in [0.5, 0.6) is 5.75 Å². The molecule has 19 heavy (non-hydrogen) atoms. The van der Waals surface area contributed by atoms with Crippen molar-refractivity contribution in [3.63, 3.8) is 0 Å². The van der Waals surface area contributed by atoms with E-state index in [1.165, 1.54) is 0 Å². The molecule has 1 aromatic carbocycles. The molecule has 0 radical (unpaired) electrons. The molecule has 0 heterocycles. The molecule has 1 aromatic rings. The largest absolute Gasteiger partial charge is 0.482 e. The van der Waals surface area contributed by atoms with Gasteiger partial charge in [0.1, 0.15) is 5.75 Å². The third kappa shape index (κ3) is 5.30. The molecule has 0 aliphatic carbocycles. The fraction of sp³-hybridized carbons (Fsp3) is 0.533. The number of esters is 1. The summed E-state index contributed by atoms with van der Waals surface area (Å²) in [5.41, 5.74) is 1.06. The van der Waals surface area contributed by atoms with Crippen molar-refractivity contribution in [2.45, 2.75) is 33.2 Å². The van der Waals surface area contributed by atoms with Crippen molar-refractivity contribution in [3.8, 4) is 5.75 Å². The number of hydrogen-bond acceptors (Lipinski definition) is 4. The molecule has 1 rings (SSSR count). The van der Waals surface area contributed by atoms with E-state index in [1.807, 2.05) is 24.3 Å². The normalized spacial score (nSPS) is 11.9. The molecule has 4 heteroatoms. The Bertz CT molecular complexity index is 393. The number of ether oxygens (including phenoxy) is 2. The fourth-order valence-electron chi connectivity index (χ4n) is 1.78. The van der Waals surface area contributed by atoms with Crippen LogP contribution in [-0.4, -0.2) is 25.7 Å². The topological polar surface area (TPSA) is 47.6 Å². The molecule has 106 valence electrons. The standard InChI is InChI=1S/C15H23NO3/c1-4-10-16-12(3)13-8-6-7-9-14(13)19-11-15(17)18-5-2/h6-9,12,16H,4-5,10-11H2,1-3H3. The average molecular weight is 265 g/mol. The minimum Gasteiger partial charge on any atom is -0.482 e. The van der Waals surface area contributed by atoms with Gasteiger partial charge in [-0.2, -0.15) is 0 Å². The van der Waals surface area contributed by atoms with E-state index in [9.17, 15) is 4.79 Å². The number of hydrogen-bond donors (Lipinski definition) is 1. The maximum Gasteiger partial charge on any atom is 0.344 e. The Kier molecular flexibility index (Phi) is 6.97. The number of carbonyl (C=O) groups excluding carboxylic acids is 1. The summed E-state index contributed by atoms with van der Waals surface area (Å²) in [4.78, 5) is 11.3. The van der Waals surface area contributed by atoms with Crippen LogP contribution in [-0.2, 0) is 9.53 Å². The Labute approximate surface area is 115 Å². The Morgan fingerprint density at radius 2 is 2.05 bits per heavy atom. The van der Waals surface area contributed by atoms with Crippen molar-refractivity contribution in [1.82, 2.24) is 5.32 Å². The van der Waals surface area contributed by atoms with Gasteiger partial charge >= 0.3 is 5.97 Å². The molecular formula is C15H23NO3. The second kappa shape index (κ2) is 8.53. The lowest BCUT2D eigenvalue weighted by molar-refractivity contribution is -0.145. The maximum atomic E-state index is 11.3. The summed E-state index contributed by atoms with van der Waals surface area (Å²) in [6.45, 7) is 7.27. The zero-order valence-corrected chi connectivity index (χ0v) is 11.9. The smallest absolute Gasteiger partial charge is 0.344 e. The van der Waals surface area contributed by atoms with Crippen LogP contribution < -0.4 is 10.1 Å². The lowest BCUT2D eigenvalue weighted by Crippen LogP contribution is -2.21. The Morgan fingerprint density at radius 1 is 1.32 bits per heavy atom. The first kappa shape index (κ1) is 15.5. The van der Waals surface area contributed by atoms with E-state index >= 15 is 0 Å². The van der Waals surface area contributed by atoms with Crippen LogP contribution >= 0.6 is 0 Å². The van der Waals surface area contributed by atoms with Crippen molar-refractivity contribution >= 4 is 5.97 Å². The van der Waals surface area contributed by atoms with Gasteiger partial charge in [-0.05, 0) is 32.9 Å². The van der Waals surface area contributed by atoms with E-state index in [4.69, 9.17) is 9.47 Å². The summed E-state index contributed by atoms with van der Waals surface area (Å²) in [6.07, 6.45) is 1.08. The van der Waals surface area contributed by atoms with Crippen molar-refractivity contribution in [3.05, 3.63) is 29.8 Å². The SMILES string of the molecule is CCCNC(C)c1ccccc1OCC(=O)OCC. The lowest BCUT2D eigenvalue weighted by atomic mass is 10.1. The first-order valence-electron chi connectivity index (χ1n) is 6.79. The molecule has 0 fully saturated rings. The molecule has 0 saturated heterocycles. The highest BCUT2D eigenvalue weighted by Crippen LogP contribution is 2.24. The van der Waals surface area contributed by atoms with Gasteiger partial charge in [-0.3, -0.25) is 0 Å². The molecule has 1 N–H and O–H groups in total. The summed E-state index contributed by atoms with van der Waals surface area (Å²) >= 11 is 0. The first-order chi connectivity index (χ1) is 9.19. The van der Waals surface area contributed by atoms with Crippen LogP contribution in [0.2, 0.25) is 0 Å². The highest BCUT2D eigenvalue weighted by molar-refractivity contribution is 5.71. The summed E-state index contributed by atoms with van der Waals surface area (Å²) in [5, 5.41) is 3.41. The molecule has 0 bridgehead atoms. The van der Waals surface area contributed by atoms with Gasteiger partial charge in [-0.1, -0.05) is 25.1 Å². The van der Waals surface area contributed by atoms with Gasteiger partial charge in [0.05, 0.1) is 6.61 Å². The number of para-hydroxylation sites is 1. The van der Waals surface area contributed by atoms with Gasteiger partial charge in [0.2, 0.25) is 0 Å². The fourth-order valence-corrected chi connectivity index (χ4v) is 1.78. The first-order valence-corrected chi connectivity index (χ1v) is 6.79. The van der Waals surface area contributed by atoms with Crippen LogP contribution in [0.1, 0.15) is 38.8 Å². The second-order valence-electron chi connectivity index (χ2n) is 4.31. The Hall–Kier alpha value is -1.55. The van der Waals surface area contributed by atoms with E-state index < -0.39 is 0 Å². The molecule has 0 amide bonds. The predicted molar refractivity (Wildman–Crippen MR) is 75.3 cm³/mol. The molecule has 1 atom stereocenters. The van der Waals surface area contributed by atoms with Gasteiger partial charge in [-0.25, -0.2) is 4.79 Å². The number of carbonyl (C=O) groups is 1. The van der Waals surface area contributed by atoms with Crippen LogP contribution in [0.4, 0.5) is 0 Å². The van der Waals surface area contributed by atoms with Crippen molar-refractivity contribution in [2.24, 2.45) is 0 Å². The summed E-state index contributed by atoms with van der Waals surface area (Å²) < 4.78 is 10.4. The molecule has 1 unspecified atom stereocenters. The van der Waals surface area contributed by atoms with E-state index in [0.717, 1.165) is 24.3 Å². The Morgan fingerprint density at radius 3 is 2.74 bits per heavy atom. The number of nitrogens with one attached hydrogen (secondary N) is 1. The summed E-state index contributed by atoms with van der Waals surface area (Å²) in [5.74, 6) is 0.387. The van der Waals surface area contributed by atoms with Gasteiger partial charge in [-0.15, -0.1) is 0 Å². The third-order valence-corrected chi connectivity index (χ3v) is 2.74. The molecule has 4 nitrogen and oxygen atoms in total. The van der Waals surface area contributed by atoms with Crippen LogP contribution in [0.25, 0.3) is 0 Å². The quantitative estimate of drug-likeness (QED) is 0.734.